The van der Waals surface area contributed by atoms with Gasteiger partial charge >= 0.3 is 0 Å². The number of carbonyl (C=O) groups is 2. The van der Waals surface area contributed by atoms with E-state index < -0.39 is 0 Å². The van der Waals surface area contributed by atoms with Crippen LogP contribution in [0.15, 0.2) is 84.9 Å². The van der Waals surface area contributed by atoms with E-state index in [0.717, 1.165) is 11.1 Å². The molecule has 0 fully saturated rings. The van der Waals surface area contributed by atoms with Gasteiger partial charge in [0.1, 0.15) is 0 Å². The van der Waals surface area contributed by atoms with Crippen molar-refractivity contribution >= 4 is 46.6 Å². The first kappa shape index (κ1) is 21.0. The molecule has 3 N–H and O–H groups in total. The topological polar surface area (TPSA) is 70.2 Å². The fourth-order valence-electron chi connectivity index (χ4n) is 2.60. The summed E-state index contributed by atoms with van der Waals surface area (Å²) in [5.41, 5.74) is 4.03. The second-order valence-corrected chi connectivity index (χ2v) is 6.99. The van der Waals surface area contributed by atoms with E-state index in [1.165, 1.54) is 6.08 Å². The molecule has 0 aromatic heterocycles. The number of benzene rings is 3. The molecule has 0 saturated carbocycles. The van der Waals surface area contributed by atoms with Gasteiger partial charge in [-0.15, -0.1) is 0 Å². The first-order valence-electron chi connectivity index (χ1n) is 9.33. The highest BCUT2D eigenvalue weighted by Crippen LogP contribution is 2.14. The first-order chi connectivity index (χ1) is 14.5. The molecule has 0 saturated heterocycles. The Morgan fingerprint density at radius 2 is 1.40 bits per heavy atom. The molecule has 0 unspecified atom stereocenters. The molecule has 0 spiro atoms. The molecule has 0 aliphatic carbocycles. The van der Waals surface area contributed by atoms with E-state index in [1.54, 1.807) is 42.5 Å². The summed E-state index contributed by atoms with van der Waals surface area (Å²) in [4.78, 5) is 24.2. The molecule has 0 aliphatic heterocycles. The van der Waals surface area contributed by atoms with E-state index in [4.69, 9.17) is 12.2 Å². The number of anilines is 2. The summed E-state index contributed by atoms with van der Waals surface area (Å²) < 4.78 is 0. The lowest BCUT2D eigenvalue weighted by atomic mass is 10.1. The van der Waals surface area contributed by atoms with Crippen molar-refractivity contribution < 1.29 is 9.59 Å². The Morgan fingerprint density at radius 1 is 0.800 bits per heavy atom. The van der Waals surface area contributed by atoms with E-state index >= 15 is 0 Å². The molecular weight excluding hydrogens is 394 g/mol. The van der Waals surface area contributed by atoms with Crippen molar-refractivity contribution in [3.63, 3.8) is 0 Å². The normalized spacial score (nSPS) is 10.4. The molecule has 6 heteroatoms. The monoisotopic (exact) mass is 415 g/mol. The molecule has 0 bridgehead atoms. The van der Waals surface area contributed by atoms with Gasteiger partial charge < -0.3 is 10.6 Å². The number of carbonyl (C=O) groups excluding carboxylic acids is 2. The number of hydrogen-bond acceptors (Lipinski definition) is 3. The van der Waals surface area contributed by atoms with Gasteiger partial charge in [0.05, 0.1) is 0 Å². The predicted octanol–water partition coefficient (Wildman–Crippen LogP) is 4.77. The molecule has 0 atom stereocenters. The SMILES string of the molecule is Cc1ccc(/C=C/C(=O)NC(=S)Nc2ccc(NC(=O)c3ccccc3)cc2)cc1. The van der Waals surface area contributed by atoms with E-state index in [2.05, 4.69) is 16.0 Å². The molecular formula is C24H21N3O2S. The Morgan fingerprint density at radius 3 is 2.03 bits per heavy atom. The van der Waals surface area contributed by atoms with Crippen molar-refractivity contribution in [2.75, 3.05) is 10.6 Å². The smallest absolute Gasteiger partial charge is 0.255 e. The van der Waals surface area contributed by atoms with Crippen LogP contribution in [-0.2, 0) is 4.79 Å². The highest BCUT2D eigenvalue weighted by atomic mass is 32.1. The fraction of sp³-hybridized carbons (Fsp3) is 0.0417. The van der Waals surface area contributed by atoms with Gasteiger partial charge in [-0.1, -0.05) is 48.0 Å². The van der Waals surface area contributed by atoms with Crippen molar-refractivity contribution in [3.05, 3.63) is 102 Å². The summed E-state index contributed by atoms with van der Waals surface area (Å²) in [6.45, 7) is 2.01. The summed E-state index contributed by atoms with van der Waals surface area (Å²) in [5.74, 6) is -0.501. The van der Waals surface area contributed by atoms with Crippen LogP contribution in [0.25, 0.3) is 6.08 Å². The van der Waals surface area contributed by atoms with Crippen molar-refractivity contribution in [2.24, 2.45) is 0 Å². The zero-order valence-corrected chi connectivity index (χ0v) is 17.2. The minimum Gasteiger partial charge on any atom is -0.332 e. The minimum absolute atomic E-state index is 0.181. The highest BCUT2D eigenvalue weighted by molar-refractivity contribution is 7.80. The average molecular weight is 416 g/mol. The quantitative estimate of drug-likeness (QED) is 0.415. The average Bonchev–Trinajstić information content (AvgIpc) is 2.75. The van der Waals surface area contributed by atoms with Crippen LogP contribution in [0.3, 0.4) is 0 Å². The zero-order valence-electron chi connectivity index (χ0n) is 16.4. The second kappa shape index (κ2) is 10.1. The van der Waals surface area contributed by atoms with E-state index in [1.807, 2.05) is 49.4 Å². The van der Waals surface area contributed by atoms with E-state index in [0.29, 0.717) is 16.9 Å². The Labute approximate surface area is 180 Å². The van der Waals surface area contributed by atoms with Crippen LogP contribution in [0.2, 0.25) is 0 Å². The third-order valence-corrected chi connectivity index (χ3v) is 4.38. The fourth-order valence-corrected chi connectivity index (χ4v) is 2.81. The summed E-state index contributed by atoms with van der Waals surface area (Å²) >= 11 is 5.18. The first-order valence-corrected chi connectivity index (χ1v) is 9.73. The molecule has 5 nitrogen and oxygen atoms in total. The highest BCUT2D eigenvalue weighted by Gasteiger charge is 2.06. The van der Waals surface area contributed by atoms with Crippen LogP contribution in [0.4, 0.5) is 11.4 Å². The molecule has 2 amide bonds. The summed E-state index contributed by atoms with van der Waals surface area (Å²) in [6.07, 6.45) is 3.16. The van der Waals surface area contributed by atoms with Crippen LogP contribution in [0, 0.1) is 6.92 Å². The third kappa shape index (κ3) is 6.39. The molecule has 0 aliphatic rings. The van der Waals surface area contributed by atoms with Gasteiger partial charge in [0.2, 0.25) is 5.91 Å². The molecule has 0 radical (unpaired) electrons. The second-order valence-electron chi connectivity index (χ2n) is 6.58. The van der Waals surface area contributed by atoms with Crippen LogP contribution in [0.1, 0.15) is 21.5 Å². The molecule has 3 aromatic carbocycles. The molecule has 3 aromatic rings. The van der Waals surface area contributed by atoms with E-state index in [-0.39, 0.29) is 16.9 Å². The Hall–Kier alpha value is -3.77. The van der Waals surface area contributed by atoms with Gasteiger partial charge in [0.25, 0.3) is 5.91 Å². The summed E-state index contributed by atoms with van der Waals surface area (Å²) in [7, 11) is 0. The number of aryl methyl sites for hydroxylation is 1. The Balaban J connectivity index is 1.49. The summed E-state index contributed by atoms with van der Waals surface area (Å²) in [5, 5.41) is 8.56. The van der Waals surface area contributed by atoms with Gasteiger partial charge in [-0.25, -0.2) is 0 Å². The van der Waals surface area contributed by atoms with Crippen LogP contribution < -0.4 is 16.0 Å². The maximum absolute atomic E-state index is 12.2. The van der Waals surface area contributed by atoms with Crippen LogP contribution in [-0.4, -0.2) is 16.9 Å². The zero-order chi connectivity index (χ0) is 21.3. The number of amides is 2. The minimum atomic E-state index is -0.320. The molecule has 3 rings (SSSR count). The number of nitrogens with one attached hydrogen (secondary N) is 3. The lowest BCUT2D eigenvalue weighted by Gasteiger charge is -2.10. The van der Waals surface area contributed by atoms with Crippen molar-refractivity contribution in [1.82, 2.24) is 5.32 Å². The van der Waals surface area contributed by atoms with E-state index in [9.17, 15) is 9.59 Å². The number of hydrogen-bond donors (Lipinski definition) is 3. The van der Waals surface area contributed by atoms with Crippen molar-refractivity contribution in [3.8, 4) is 0 Å². The maximum atomic E-state index is 12.2. The largest absolute Gasteiger partial charge is 0.332 e. The Kier molecular flexibility index (Phi) is 7.08. The Bertz CT molecular complexity index is 1060. The van der Waals surface area contributed by atoms with Gasteiger partial charge in [-0.05, 0) is 67.2 Å². The third-order valence-electron chi connectivity index (χ3n) is 4.18. The standard InChI is InChI=1S/C24H21N3O2S/c1-17-7-9-18(10-8-17)11-16-22(28)27-24(30)26-21-14-12-20(13-15-21)25-23(29)19-5-3-2-4-6-19/h2-16H,1H3,(H,25,29)(H2,26,27,28,30)/b16-11+. The van der Waals surface area contributed by atoms with Gasteiger partial charge in [0.15, 0.2) is 5.11 Å². The van der Waals surface area contributed by atoms with Crippen molar-refractivity contribution in [2.45, 2.75) is 6.92 Å². The van der Waals surface area contributed by atoms with Crippen LogP contribution >= 0.6 is 12.2 Å². The van der Waals surface area contributed by atoms with Gasteiger partial charge in [0, 0.05) is 23.0 Å². The number of thiocarbonyl (C=S) groups is 1. The lowest BCUT2D eigenvalue weighted by molar-refractivity contribution is -0.115. The van der Waals surface area contributed by atoms with Gasteiger partial charge in [-0.3, -0.25) is 14.9 Å². The van der Waals surface area contributed by atoms with Gasteiger partial charge in [-0.2, -0.15) is 0 Å². The summed E-state index contributed by atoms with van der Waals surface area (Å²) in [6, 6.07) is 23.9. The van der Waals surface area contributed by atoms with Crippen molar-refractivity contribution in [1.29, 1.82) is 0 Å². The van der Waals surface area contributed by atoms with Crippen LogP contribution in [0.5, 0.6) is 0 Å². The molecule has 150 valence electrons. The predicted molar refractivity (Wildman–Crippen MR) is 125 cm³/mol. The maximum Gasteiger partial charge on any atom is 0.255 e. The number of rotatable bonds is 5. The molecule has 0 heterocycles. The molecule has 30 heavy (non-hydrogen) atoms. The lowest BCUT2D eigenvalue weighted by Crippen LogP contribution is -2.32.